The van der Waals surface area contributed by atoms with Crippen molar-refractivity contribution < 1.29 is 19.0 Å². The van der Waals surface area contributed by atoms with E-state index in [1.54, 1.807) is 0 Å². The smallest absolute Gasteiger partial charge is 0.338 e. The predicted molar refractivity (Wildman–Crippen MR) is 104 cm³/mol. The molecule has 0 amide bonds. The number of allylic oxidation sites excluding steroid dienone is 3. The van der Waals surface area contributed by atoms with Crippen LogP contribution >= 0.6 is 0 Å². The van der Waals surface area contributed by atoms with Crippen LogP contribution in [0.4, 0.5) is 0 Å². The Morgan fingerprint density at radius 1 is 1.11 bits per heavy atom. The van der Waals surface area contributed by atoms with Crippen LogP contribution in [0.1, 0.15) is 66.2 Å². The van der Waals surface area contributed by atoms with Gasteiger partial charge in [-0.2, -0.15) is 0 Å². The Balaban J connectivity index is 1.48. The maximum atomic E-state index is 13.0. The molecule has 6 rings (SSSR count). The van der Waals surface area contributed by atoms with Gasteiger partial charge in [0.15, 0.2) is 0 Å². The molecule has 152 valence electrons. The fraction of sp³-hybridized carbons (Fsp3) is 0.792. The monoisotopic (exact) mass is 384 g/mol. The first-order valence-electron chi connectivity index (χ1n) is 11.2. The van der Waals surface area contributed by atoms with E-state index < -0.39 is 0 Å². The van der Waals surface area contributed by atoms with Crippen molar-refractivity contribution >= 4 is 5.97 Å². The molecule has 6 aliphatic rings. The highest BCUT2D eigenvalue weighted by Crippen LogP contribution is 2.76. The van der Waals surface area contributed by atoms with E-state index in [-0.39, 0.29) is 28.7 Å². The zero-order valence-corrected chi connectivity index (χ0v) is 17.5. The van der Waals surface area contributed by atoms with Gasteiger partial charge in [-0.1, -0.05) is 11.6 Å². The van der Waals surface area contributed by atoms with Gasteiger partial charge in [0.25, 0.3) is 0 Å². The van der Waals surface area contributed by atoms with Gasteiger partial charge >= 0.3 is 5.97 Å². The predicted octanol–water partition coefficient (Wildman–Crippen LogP) is 4.54. The molecule has 0 bridgehead atoms. The van der Waals surface area contributed by atoms with Crippen LogP contribution in [0.15, 0.2) is 23.0 Å². The molecule has 0 aromatic heterocycles. The van der Waals surface area contributed by atoms with Crippen LogP contribution in [0.3, 0.4) is 0 Å². The third-order valence-corrected chi connectivity index (χ3v) is 9.34. The maximum Gasteiger partial charge on any atom is 0.338 e. The first-order valence-corrected chi connectivity index (χ1v) is 11.2. The summed E-state index contributed by atoms with van der Waals surface area (Å²) in [6, 6.07) is 0. The first-order chi connectivity index (χ1) is 13.3. The van der Waals surface area contributed by atoms with Crippen molar-refractivity contribution in [1.82, 2.24) is 0 Å². The zero-order valence-electron chi connectivity index (χ0n) is 17.5. The minimum absolute atomic E-state index is 0.0161. The van der Waals surface area contributed by atoms with Crippen LogP contribution in [-0.2, 0) is 19.0 Å². The number of carbonyl (C=O) groups is 1. The van der Waals surface area contributed by atoms with Crippen molar-refractivity contribution in [3.8, 4) is 0 Å². The molecule has 3 aliphatic carbocycles. The fourth-order valence-electron chi connectivity index (χ4n) is 8.06. The third kappa shape index (κ3) is 1.94. The summed E-state index contributed by atoms with van der Waals surface area (Å²) in [6.45, 7) is 9.38. The summed E-state index contributed by atoms with van der Waals surface area (Å²) in [4.78, 5) is 13.0. The number of ether oxygens (including phenoxy) is 3. The van der Waals surface area contributed by atoms with Crippen LogP contribution in [-0.4, -0.2) is 29.9 Å². The maximum absolute atomic E-state index is 13.0. The van der Waals surface area contributed by atoms with Crippen molar-refractivity contribution in [2.24, 2.45) is 29.1 Å². The van der Waals surface area contributed by atoms with Crippen LogP contribution in [0.2, 0.25) is 0 Å². The van der Waals surface area contributed by atoms with Gasteiger partial charge in [0, 0.05) is 23.2 Å². The van der Waals surface area contributed by atoms with Gasteiger partial charge in [-0.15, -0.1) is 0 Å². The van der Waals surface area contributed by atoms with Crippen LogP contribution in [0, 0.1) is 29.1 Å². The topological polar surface area (TPSA) is 48.1 Å². The average Bonchev–Trinajstić information content (AvgIpc) is 3.22. The van der Waals surface area contributed by atoms with Gasteiger partial charge < -0.3 is 14.2 Å². The first kappa shape index (κ1) is 17.6. The van der Waals surface area contributed by atoms with Gasteiger partial charge in [-0.3, -0.25) is 0 Å². The van der Waals surface area contributed by atoms with E-state index in [1.165, 1.54) is 12.0 Å². The Morgan fingerprint density at radius 3 is 2.64 bits per heavy atom. The Morgan fingerprint density at radius 2 is 1.89 bits per heavy atom. The number of fused-ring (bicyclic) bond motifs is 3. The third-order valence-electron chi connectivity index (χ3n) is 9.34. The summed E-state index contributed by atoms with van der Waals surface area (Å²) in [5.74, 6) is 2.45. The van der Waals surface area contributed by atoms with Gasteiger partial charge in [0.1, 0.15) is 17.5 Å². The highest BCUT2D eigenvalue weighted by atomic mass is 16.6. The molecule has 4 nitrogen and oxygen atoms in total. The van der Waals surface area contributed by atoms with Crippen LogP contribution < -0.4 is 0 Å². The van der Waals surface area contributed by atoms with E-state index in [1.807, 2.05) is 6.92 Å². The normalized spacial score (nSPS) is 52.5. The van der Waals surface area contributed by atoms with Crippen molar-refractivity contribution in [2.75, 3.05) is 6.61 Å². The second-order valence-electron chi connectivity index (χ2n) is 10.9. The highest BCUT2D eigenvalue weighted by molar-refractivity contribution is 5.91. The summed E-state index contributed by atoms with van der Waals surface area (Å²) < 4.78 is 18.7. The second kappa shape index (κ2) is 5.24. The minimum atomic E-state index is -0.385. The molecule has 0 N–H and O–H groups in total. The summed E-state index contributed by atoms with van der Waals surface area (Å²) >= 11 is 0. The molecule has 2 unspecified atom stereocenters. The molecule has 3 heterocycles. The van der Waals surface area contributed by atoms with Gasteiger partial charge in [0.2, 0.25) is 0 Å². The number of rotatable bonds is 0. The summed E-state index contributed by atoms with van der Waals surface area (Å²) in [5.41, 5.74) is 2.10. The van der Waals surface area contributed by atoms with Gasteiger partial charge in [0.05, 0.1) is 17.8 Å². The van der Waals surface area contributed by atoms with Crippen molar-refractivity contribution in [3.63, 3.8) is 0 Å². The molecule has 2 spiro atoms. The zero-order chi connectivity index (χ0) is 19.5. The van der Waals surface area contributed by atoms with Gasteiger partial charge in [-0.25, -0.2) is 4.79 Å². The van der Waals surface area contributed by atoms with E-state index in [0.717, 1.165) is 50.0 Å². The molecule has 0 aromatic carbocycles. The Kier molecular flexibility index (Phi) is 3.29. The molecular weight excluding hydrogens is 352 g/mol. The van der Waals surface area contributed by atoms with Crippen molar-refractivity contribution in [3.05, 3.63) is 23.0 Å². The number of esters is 1. The highest BCUT2D eigenvalue weighted by Gasteiger charge is 2.79. The SMILES string of the molecule is CC1=C2C(=O)OC(C)(C)[C@@H]3CCC4([C@@H]5CC/C(C)=C/CCC6(CO6)[C@H]5[C@@H]4O1)[C@@H]23. The van der Waals surface area contributed by atoms with E-state index in [9.17, 15) is 4.79 Å². The van der Waals surface area contributed by atoms with Crippen molar-refractivity contribution in [2.45, 2.75) is 83.5 Å². The molecule has 4 fully saturated rings. The summed E-state index contributed by atoms with van der Waals surface area (Å²) in [5, 5.41) is 0. The molecule has 0 aromatic rings. The summed E-state index contributed by atoms with van der Waals surface area (Å²) in [6.07, 6.45) is 9.50. The lowest BCUT2D eigenvalue weighted by molar-refractivity contribution is -0.252. The molecule has 3 aliphatic heterocycles. The lowest BCUT2D eigenvalue weighted by atomic mass is 9.41. The molecule has 2 saturated heterocycles. The van der Waals surface area contributed by atoms with Gasteiger partial charge in [-0.05, 0) is 72.1 Å². The number of carbonyl (C=O) groups excluding carboxylic acids is 1. The average molecular weight is 385 g/mol. The second-order valence-corrected chi connectivity index (χ2v) is 10.9. The Bertz CT molecular complexity index is 816. The minimum Gasteiger partial charge on any atom is -0.493 e. The molecular formula is C24H32O4. The van der Waals surface area contributed by atoms with E-state index in [4.69, 9.17) is 14.2 Å². The fourth-order valence-corrected chi connectivity index (χ4v) is 8.06. The molecule has 7 atom stereocenters. The lowest BCUT2D eigenvalue weighted by Gasteiger charge is -2.67. The van der Waals surface area contributed by atoms with E-state index in [0.29, 0.717) is 23.7 Å². The summed E-state index contributed by atoms with van der Waals surface area (Å²) in [7, 11) is 0. The van der Waals surface area contributed by atoms with Crippen LogP contribution in [0.25, 0.3) is 0 Å². The molecule has 4 heteroatoms. The quantitative estimate of drug-likeness (QED) is 0.349. The molecule has 0 radical (unpaired) electrons. The van der Waals surface area contributed by atoms with E-state index in [2.05, 4.69) is 26.8 Å². The number of hydrogen-bond donors (Lipinski definition) is 0. The number of hydrogen-bond acceptors (Lipinski definition) is 4. The molecule has 28 heavy (non-hydrogen) atoms. The van der Waals surface area contributed by atoms with E-state index >= 15 is 0 Å². The largest absolute Gasteiger partial charge is 0.493 e. The Labute approximate surface area is 167 Å². The molecule has 2 saturated carbocycles. The van der Waals surface area contributed by atoms with Crippen molar-refractivity contribution in [1.29, 1.82) is 0 Å². The number of cyclic esters (lactones) is 1. The standard InChI is InChI=1S/C24H32O4/c1-13-6-5-10-23(12-26-23)19-16(8-7-13)24-11-9-15-18(24)17(14(2)27-20(19)24)21(25)28-22(15,3)4/h6,15-16,18-20H,5,7-12H2,1-4H3/b13-6+/t15-,16-,18-,19-,20+,23?,24?/m1/s1. The Hall–Kier alpha value is -1.29. The lowest BCUT2D eigenvalue weighted by Crippen LogP contribution is -2.71. The number of epoxide rings is 1. The van der Waals surface area contributed by atoms with Crippen LogP contribution in [0.5, 0.6) is 0 Å².